The Morgan fingerprint density at radius 1 is 0.758 bits per heavy atom. The maximum absolute atomic E-state index is 12.5. The molecule has 0 atom stereocenters. The van der Waals surface area contributed by atoms with E-state index >= 15 is 0 Å². The zero-order valence-corrected chi connectivity index (χ0v) is 18.9. The molecule has 168 valence electrons. The fourth-order valence-electron chi connectivity index (χ4n) is 4.11. The van der Waals surface area contributed by atoms with E-state index in [0.29, 0.717) is 11.3 Å². The fraction of sp³-hybridized carbons (Fsp3) is 0.250. The first kappa shape index (κ1) is 22.5. The van der Waals surface area contributed by atoms with Gasteiger partial charge in [-0.1, -0.05) is 73.9 Å². The van der Waals surface area contributed by atoms with Crippen LogP contribution in [0.4, 0.5) is 5.69 Å². The van der Waals surface area contributed by atoms with Crippen molar-refractivity contribution in [2.45, 2.75) is 39.0 Å². The third-order valence-corrected chi connectivity index (χ3v) is 6.13. The molecule has 33 heavy (non-hydrogen) atoms. The van der Waals surface area contributed by atoms with Gasteiger partial charge in [-0.15, -0.1) is 0 Å². The molecule has 1 fully saturated rings. The molecule has 0 aliphatic heterocycles. The highest BCUT2D eigenvalue weighted by Crippen LogP contribution is 2.25. The number of rotatable bonds is 6. The summed E-state index contributed by atoms with van der Waals surface area (Å²) in [5.41, 5.74) is 7.76. The van der Waals surface area contributed by atoms with Crippen molar-refractivity contribution >= 4 is 23.2 Å². The maximum Gasteiger partial charge on any atom is 0.271 e. The molecule has 0 radical (unpaired) electrons. The van der Waals surface area contributed by atoms with Crippen molar-refractivity contribution in [2.24, 2.45) is 11.0 Å². The van der Waals surface area contributed by atoms with E-state index in [1.165, 1.54) is 6.42 Å². The van der Waals surface area contributed by atoms with Crippen LogP contribution in [0.2, 0.25) is 0 Å². The van der Waals surface area contributed by atoms with E-state index in [2.05, 4.69) is 28.0 Å². The zero-order valence-electron chi connectivity index (χ0n) is 18.9. The van der Waals surface area contributed by atoms with Crippen LogP contribution in [0.5, 0.6) is 0 Å². The molecule has 1 aliphatic rings. The summed E-state index contributed by atoms with van der Waals surface area (Å²) in [5, 5.41) is 7.22. The molecule has 5 nitrogen and oxygen atoms in total. The first-order valence-electron chi connectivity index (χ1n) is 11.5. The standard InChI is InChI=1S/C28H29N3O2/c1-20(21-12-14-23(15-13-21)22-8-4-2-5-9-22)30-31-28(33)25-16-18-26(19-17-25)29-27(32)24-10-6-3-7-11-24/h2,4-5,8-9,12-19,24H,3,6-7,10-11H2,1H3,(H,29,32)(H,31,33)/b30-20+. The Morgan fingerprint density at radius 3 is 2.03 bits per heavy atom. The highest BCUT2D eigenvalue weighted by atomic mass is 16.2. The molecule has 2 N–H and O–H groups in total. The summed E-state index contributed by atoms with van der Waals surface area (Å²) < 4.78 is 0. The van der Waals surface area contributed by atoms with Gasteiger partial charge in [-0.25, -0.2) is 5.43 Å². The summed E-state index contributed by atoms with van der Waals surface area (Å²) in [6.07, 6.45) is 5.37. The van der Waals surface area contributed by atoms with E-state index in [0.717, 1.165) is 48.1 Å². The van der Waals surface area contributed by atoms with Crippen molar-refractivity contribution in [3.8, 4) is 11.1 Å². The van der Waals surface area contributed by atoms with Gasteiger partial charge in [0.25, 0.3) is 5.91 Å². The molecule has 0 spiro atoms. The second kappa shape index (κ2) is 10.7. The van der Waals surface area contributed by atoms with Crippen molar-refractivity contribution in [1.82, 2.24) is 5.43 Å². The number of nitrogens with zero attached hydrogens (tertiary/aromatic N) is 1. The summed E-state index contributed by atoms with van der Waals surface area (Å²) in [6, 6.07) is 25.2. The molecular formula is C28H29N3O2. The Morgan fingerprint density at radius 2 is 1.36 bits per heavy atom. The predicted molar refractivity (Wildman–Crippen MR) is 133 cm³/mol. The average Bonchev–Trinajstić information content (AvgIpc) is 2.88. The highest BCUT2D eigenvalue weighted by molar-refractivity contribution is 6.01. The molecule has 1 saturated carbocycles. The van der Waals surface area contributed by atoms with E-state index < -0.39 is 0 Å². The highest BCUT2D eigenvalue weighted by Gasteiger charge is 2.21. The number of hydrogen-bond donors (Lipinski definition) is 2. The molecule has 1 aliphatic carbocycles. The van der Waals surface area contributed by atoms with Gasteiger partial charge >= 0.3 is 0 Å². The average molecular weight is 440 g/mol. The monoisotopic (exact) mass is 439 g/mol. The molecule has 3 aromatic carbocycles. The van der Waals surface area contributed by atoms with Crippen LogP contribution in [0.15, 0.2) is 84.0 Å². The Hall–Kier alpha value is -3.73. The first-order valence-corrected chi connectivity index (χ1v) is 11.5. The van der Waals surface area contributed by atoms with Gasteiger partial charge in [0.1, 0.15) is 0 Å². The molecule has 0 unspecified atom stereocenters. The number of benzene rings is 3. The first-order chi connectivity index (χ1) is 16.1. The summed E-state index contributed by atoms with van der Waals surface area (Å²) in [5.74, 6) is -0.119. The van der Waals surface area contributed by atoms with Gasteiger partial charge in [-0.3, -0.25) is 9.59 Å². The summed E-state index contributed by atoms with van der Waals surface area (Å²) >= 11 is 0. The number of anilines is 1. The fourth-order valence-corrected chi connectivity index (χ4v) is 4.11. The van der Waals surface area contributed by atoms with Gasteiger partial charge in [0.15, 0.2) is 0 Å². The van der Waals surface area contributed by atoms with Crippen LogP contribution in [0.25, 0.3) is 11.1 Å². The lowest BCUT2D eigenvalue weighted by Gasteiger charge is -2.20. The maximum atomic E-state index is 12.5. The minimum Gasteiger partial charge on any atom is -0.326 e. The van der Waals surface area contributed by atoms with Crippen LogP contribution in [-0.4, -0.2) is 17.5 Å². The lowest BCUT2D eigenvalue weighted by Crippen LogP contribution is -2.24. The molecule has 5 heteroatoms. The third-order valence-electron chi connectivity index (χ3n) is 6.13. The molecular weight excluding hydrogens is 410 g/mol. The van der Waals surface area contributed by atoms with E-state index in [1.54, 1.807) is 24.3 Å². The van der Waals surface area contributed by atoms with Gasteiger partial charge in [-0.05, 0) is 60.7 Å². The summed E-state index contributed by atoms with van der Waals surface area (Å²) in [7, 11) is 0. The van der Waals surface area contributed by atoms with E-state index in [9.17, 15) is 9.59 Å². The van der Waals surface area contributed by atoms with Crippen LogP contribution in [0.1, 0.15) is 54.9 Å². The van der Waals surface area contributed by atoms with Crippen molar-refractivity contribution in [1.29, 1.82) is 0 Å². The Balaban J connectivity index is 1.33. The second-order valence-electron chi connectivity index (χ2n) is 8.48. The van der Waals surface area contributed by atoms with Crippen LogP contribution in [-0.2, 0) is 4.79 Å². The van der Waals surface area contributed by atoms with E-state index in [1.807, 2.05) is 49.4 Å². The molecule has 0 heterocycles. The van der Waals surface area contributed by atoms with Crippen LogP contribution < -0.4 is 10.7 Å². The van der Waals surface area contributed by atoms with Gasteiger partial charge in [-0.2, -0.15) is 5.10 Å². The largest absolute Gasteiger partial charge is 0.326 e. The Kier molecular flexibility index (Phi) is 7.30. The zero-order chi connectivity index (χ0) is 23.0. The van der Waals surface area contributed by atoms with Gasteiger partial charge in [0.2, 0.25) is 5.91 Å². The van der Waals surface area contributed by atoms with Crippen LogP contribution in [0.3, 0.4) is 0 Å². The molecule has 2 amide bonds. The third kappa shape index (κ3) is 5.95. The van der Waals surface area contributed by atoms with Crippen molar-refractivity contribution in [3.05, 3.63) is 90.0 Å². The number of carbonyl (C=O) groups is 2. The second-order valence-corrected chi connectivity index (χ2v) is 8.48. The van der Waals surface area contributed by atoms with Crippen molar-refractivity contribution in [3.63, 3.8) is 0 Å². The minimum absolute atomic E-state index is 0.0745. The Bertz CT molecular complexity index is 1110. The topological polar surface area (TPSA) is 70.6 Å². The van der Waals surface area contributed by atoms with Gasteiger partial charge in [0, 0.05) is 17.2 Å². The number of carbonyl (C=O) groups excluding carboxylic acids is 2. The number of hydrazone groups is 1. The van der Waals surface area contributed by atoms with Crippen molar-refractivity contribution < 1.29 is 9.59 Å². The quantitative estimate of drug-likeness (QED) is 0.364. The molecule has 3 aromatic rings. The minimum atomic E-state index is -0.291. The van der Waals surface area contributed by atoms with Crippen LogP contribution >= 0.6 is 0 Å². The smallest absolute Gasteiger partial charge is 0.271 e. The normalized spacial score (nSPS) is 14.5. The molecule has 0 bridgehead atoms. The Labute approximate surface area is 194 Å². The van der Waals surface area contributed by atoms with Gasteiger partial charge in [0.05, 0.1) is 5.71 Å². The lowest BCUT2D eigenvalue weighted by molar-refractivity contribution is -0.120. The molecule has 0 saturated heterocycles. The van der Waals surface area contributed by atoms with E-state index in [-0.39, 0.29) is 17.7 Å². The van der Waals surface area contributed by atoms with Crippen molar-refractivity contribution in [2.75, 3.05) is 5.32 Å². The lowest BCUT2D eigenvalue weighted by atomic mass is 9.88. The predicted octanol–water partition coefficient (Wildman–Crippen LogP) is 6.03. The number of amides is 2. The molecule has 0 aromatic heterocycles. The number of nitrogens with one attached hydrogen (secondary N) is 2. The molecule has 4 rings (SSSR count). The summed E-state index contributed by atoms with van der Waals surface area (Å²) in [4.78, 5) is 24.9. The SMILES string of the molecule is C/C(=N\NC(=O)c1ccc(NC(=O)C2CCCCC2)cc1)c1ccc(-c2ccccc2)cc1. The summed E-state index contributed by atoms with van der Waals surface area (Å²) in [6.45, 7) is 1.86. The van der Waals surface area contributed by atoms with Crippen LogP contribution in [0, 0.1) is 5.92 Å². The van der Waals surface area contributed by atoms with E-state index in [4.69, 9.17) is 0 Å². The van der Waals surface area contributed by atoms with Gasteiger partial charge < -0.3 is 5.32 Å². The number of hydrogen-bond acceptors (Lipinski definition) is 3.